The van der Waals surface area contributed by atoms with Crippen molar-refractivity contribution in [3.05, 3.63) is 89.5 Å². The highest BCUT2D eigenvalue weighted by atomic mass is 19.1. The molecule has 0 bridgehead atoms. The third-order valence-corrected chi connectivity index (χ3v) is 5.95. The number of aromatic amines is 1. The molecule has 4 rings (SSSR count). The molecule has 0 radical (unpaired) electrons. The minimum absolute atomic E-state index is 0.245. The highest BCUT2D eigenvalue weighted by molar-refractivity contribution is 5.83. The zero-order valence-corrected chi connectivity index (χ0v) is 18.5. The number of hydrogen-bond acceptors (Lipinski definition) is 2. The molecule has 0 aliphatic rings. The molecule has 0 amide bonds. The Morgan fingerprint density at radius 3 is 2.48 bits per heavy atom. The van der Waals surface area contributed by atoms with Gasteiger partial charge in [-0.2, -0.15) is 0 Å². The van der Waals surface area contributed by atoms with Crippen molar-refractivity contribution in [1.82, 2.24) is 9.97 Å². The van der Waals surface area contributed by atoms with Crippen LogP contribution in [0, 0.1) is 12.7 Å². The molecule has 0 spiro atoms. The fraction of sp³-hybridized carbons (Fsp3) is 0.296. The monoisotopic (exact) mass is 416 g/mol. The normalized spacial score (nSPS) is 14.0. The zero-order chi connectivity index (χ0) is 22.2. The van der Waals surface area contributed by atoms with Crippen molar-refractivity contribution in [3.8, 4) is 11.3 Å². The van der Waals surface area contributed by atoms with E-state index in [1.807, 2.05) is 50.4 Å². The molecule has 4 aromatic rings. The Morgan fingerprint density at radius 2 is 1.74 bits per heavy atom. The predicted octanol–water partition coefficient (Wildman–Crippen LogP) is 6.34. The summed E-state index contributed by atoms with van der Waals surface area (Å²) < 4.78 is 13.9. The average Bonchev–Trinajstić information content (AvgIpc) is 3.10. The van der Waals surface area contributed by atoms with E-state index in [0.717, 1.165) is 39.0 Å². The number of hydrogen-bond donors (Lipinski definition) is 2. The summed E-state index contributed by atoms with van der Waals surface area (Å²) in [5.74, 6) is -0.245. The van der Waals surface area contributed by atoms with Crippen LogP contribution in [0.5, 0.6) is 0 Å². The Labute approximate surface area is 183 Å². The number of halogens is 1. The van der Waals surface area contributed by atoms with Crippen LogP contribution in [-0.2, 0) is 11.8 Å². The quantitative estimate of drug-likeness (QED) is 0.385. The summed E-state index contributed by atoms with van der Waals surface area (Å²) in [6, 6.07) is 19.1. The van der Waals surface area contributed by atoms with E-state index in [2.05, 4.69) is 35.9 Å². The van der Waals surface area contributed by atoms with Crippen molar-refractivity contribution < 1.29 is 9.50 Å². The average molecular weight is 417 g/mol. The van der Waals surface area contributed by atoms with E-state index in [1.165, 1.54) is 6.07 Å². The first-order valence-corrected chi connectivity index (χ1v) is 10.7. The van der Waals surface area contributed by atoms with Crippen LogP contribution in [0.15, 0.2) is 66.9 Å². The van der Waals surface area contributed by atoms with Crippen molar-refractivity contribution in [1.29, 1.82) is 0 Å². The second-order valence-corrected chi connectivity index (χ2v) is 9.51. The molecule has 4 heteroatoms. The van der Waals surface area contributed by atoms with Gasteiger partial charge in [-0.3, -0.25) is 4.98 Å². The Balaban J connectivity index is 1.56. The summed E-state index contributed by atoms with van der Waals surface area (Å²) in [5.41, 5.74) is 4.54. The SMILES string of the molecule is Cc1ccc(F)cc1C(C)(C)CC(C)(O)Cc1cc2cc(-c3ccccc3)ncc2[nH]1. The van der Waals surface area contributed by atoms with Crippen LogP contribution in [0.3, 0.4) is 0 Å². The summed E-state index contributed by atoms with van der Waals surface area (Å²) in [6.07, 6.45) is 2.82. The lowest BCUT2D eigenvalue weighted by Gasteiger charge is -2.35. The van der Waals surface area contributed by atoms with Gasteiger partial charge in [0.2, 0.25) is 0 Å². The van der Waals surface area contributed by atoms with E-state index in [-0.39, 0.29) is 11.2 Å². The summed E-state index contributed by atoms with van der Waals surface area (Å²) in [4.78, 5) is 7.97. The maximum Gasteiger partial charge on any atom is 0.123 e. The lowest BCUT2D eigenvalue weighted by molar-refractivity contribution is 0.0308. The highest BCUT2D eigenvalue weighted by Crippen LogP contribution is 2.36. The Kier molecular flexibility index (Phi) is 5.44. The van der Waals surface area contributed by atoms with Crippen LogP contribution in [0.25, 0.3) is 22.2 Å². The minimum Gasteiger partial charge on any atom is -0.390 e. The third-order valence-electron chi connectivity index (χ3n) is 5.95. The predicted molar refractivity (Wildman–Crippen MR) is 125 cm³/mol. The highest BCUT2D eigenvalue weighted by Gasteiger charge is 2.33. The van der Waals surface area contributed by atoms with Crippen LogP contribution in [0.1, 0.15) is 44.0 Å². The second-order valence-electron chi connectivity index (χ2n) is 9.51. The molecule has 160 valence electrons. The van der Waals surface area contributed by atoms with E-state index in [9.17, 15) is 9.50 Å². The summed E-state index contributed by atoms with van der Waals surface area (Å²) in [7, 11) is 0. The van der Waals surface area contributed by atoms with Crippen molar-refractivity contribution in [2.75, 3.05) is 0 Å². The standard InChI is InChI=1S/C27H29FN2O/c1-18-10-11-21(28)14-23(18)26(2,3)17-27(4,31)15-22-12-20-13-24(29-16-25(20)30-22)19-8-6-5-7-9-19/h5-14,16,30-31H,15,17H2,1-4H3. The van der Waals surface area contributed by atoms with Crippen molar-refractivity contribution >= 4 is 10.9 Å². The molecule has 3 nitrogen and oxygen atoms in total. The molecule has 0 saturated heterocycles. The smallest absolute Gasteiger partial charge is 0.123 e. The van der Waals surface area contributed by atoms with Gasteiger partial charge in [0.25, 0.3) is 0 Å². The van der Waals surface area contributed by atoms with E-state index in [0.29, 0.717) is 12.8 Å². The lowest BCUT2D eigenvalue weighted by Crippen LogP contribution is -2.36. The lowest BCUT2D eigenvalue weighted by atomic mass is 9.73. The van der Waals surface area contributed by atoms with Gasteiger partial charge in [0.1, 0.15) is 5.82 Å². The number of H-pyrrole nitrogens is 1. The van der Waals surface area contributed by atoms with Gasteiger partial charge in [0, 0.05) is 23.1 Å². The van der Waals surface area contributed by atoms with Gasteiger partial charge < -0.3 is 10.1 Å². The van der Waals surface area contributed by atoms with Gasteiger partial charge >= 0.3 is 0 Å². The topological polar surface area (TPSA) is 48.9 Å². The molecule has 0 aliphatic heterocycles. The molecule has 1 atom stereocenters. The first-order valence-electron chi connectivity index (χ1n) is 10.7. The van der Waals surface area contributed by atoms with Crippen LogP contribution < -0.4 is 0 Å². The molecular formula is C27H29FN2O. The Morgan fingerprint density at radius 1 is 1.00 bits per heavy atom. The first kappa shape index (κ1) is 21.3. The fourth-order valence-corrected chi connectivity index (χ4v) is 4.80. The van der Waals surface area contributed by atoms with Crippen molar-refractivity contribution in [2.24, 2.45) is 0 Å². The molecule has 2 heterocycles. The van der Waals surface area contributed by atoms with Crippen LogP contribution in [-0.4, -0.2) is 20.7 Å². The van der Waals surface area contributed by atoms with Crippen LogP contribution in [0.2, 0.25) is 0 Å². The summed E-state index contributed by atoms with van der Waals surface area (Å²) >= 11 is 0. The minimum atomic E-state index is -0.960. The molecular weight excluding hydrogens is 387 g/mol. The number of fused-ring (bicyclic) bond motifs is 1. The van der Waals surface area contributed by atoms with Crippen molar-refractivity contribution in [2.45, 2.75) is 51.6 Å². The number of benzene rings is 2. The van der Waals surface area contributed by atoms with Gasteiger partial charge in [-0.05, 0) is 61.1 Å². The summed E-state index contributed by atoms with van der Waals surface area (Å²) in [6.45, 7) is 7.96. The molecule has 31 heavy (non-hydrogen) atoms. The number of pyridine rings is 1. The second kappa shape index (κ2) is 7.93. The number of nitrogens with one attached hydrogen (secondary N) is 1. The molecule has 2 N–H and O–H groups in total. The van der Waals surface area contributed by atoms with Crippen molar-refractivity contribution in [3.63, 3.8) is 0 Å². The number of aromatic nitrogens is 2. The number of aryl methyl sites for hydroxylation is 1. The molecule has 1 unspecified atom stereocenters. The van der Waals surface area contributed by atoms with Crippen LogP contribution >= 0.6 is 0 Å². The first-order chi connectivity index (χ1) is 14.6. The number of nitrogens with zero attached hydrogens (tertiary/aromatic N) is 1. The van der Waals surface area contributed by atoms with Gasteiger partial charge in [0.15, 0.2) is 0 Å². The van der Waals surface area contributed by atoms with Gasteiger partial charge in [-0.15, -0.1) is 0 Å². The molecule has 2 aromatic heterocycles. The Bertz CT molecular complexity index is 1210. The van der Waals surface area contributed by atoms with E-state index in [4.69, 9.17) is 0 Å². The summed E-state index contributed by atoms with van der Waals surface area (Å²) in [5, 5.41) is 12.3. The van der Waals surface area contributed by atoms with Crippen LogP contribution in [0.4, 0.5) is 4.39 Å². The molecule has 0 fully saturated rings. The third kappa shape index (κ3) is 4.70. The number of rotatable bonds is 6. The maximum absolute atomic E-state index is 13.9. The largest absolute Gasteiger partial charge is 0.390 e. The van der Waals surface area contributed by atoms with E-state index >= 15 is 0 Å². The Hall–Kier alpha value is -2.98. The van der Waals surface area contributed by atoms with Gasteiger partial charge in [-0.1, -0.05) is 50.2 Å². The molecule has 0 aliphatic carbocycles. The molecule has 0 saturated carbocycles. The fourth-order valence-electron chi connectivity index (χ4n) is 4.80. The van der Waals surface area contributed by atoms with E-state index in [1.54, 1.807) is 12.1 Å². The van der Waals surface area contributed by atoms with E-state index < -0.39 is 5.60 Å². The zero-order valence-electron chi connectivity index (χ0n) is 18.5. The maximum atomic E-state index is 13.9. The van der Waals surface area contributed by atoms with Gasteiger partial charge in [0.05, 0.1) is 23.0 Å². The van der Waals surface area contributed by atoms with Gasteiger partial charge in [-0.25, -0.2) is 4.39 Å². The number of aliphatic hydroxyl groups is 1. The molecule has 2 aromatic carbocycles.